The Morgan fingerprint density at radius 3 is 2.95 bits per heavy atom. The molecule has 3 rings (SSSR count). The number of nitrogens with zero attached hydrogens (tertiary/aromatic N) is 3. The lowest BCUT2D eigenvalue weighted by atomic mass is 9.84. The fraction of sp³-hybridized carbons (Fsp3) is 0.867. The van der Waals surface area contributed by atoms with Gasteiger partial charge in [-0.3, -0.25) is 0 Å². The van der Waals surface area contributed by atoms with Gasteiger partial charge in [-0.2, -0.15) is 0 Å². The standard InChI is InChI=1S/C15H26N4O2/c16-7-2-1-3-13-12-19(18-17-13)14-4-8-21-15(11-14)5-9-20-10-6-15/h12,14H,1-11,16H2. The fourth-order valence-corrected chi connectivity index (χ4v) is 3.38. The normalized spacial score (nSPS) is 25.3. The minimum Gasteiger partial charge on any atom is -0.381 e. The minimum absolute atomic E-state index is 0.00678. The fourth-order valence-electron chi connectivity index (χ4n) is 3.38. The first-order valence-corrected chi connectivity index (χ1v) is 8.14. The van der Waals surface area contributed by atoms with E-state index in [1.54, 1.807) is 0 Å². The van der Waals surface area contributed by atoms with Gasteiger partial charge in [0.1, 0.15) is 0 Å². The lowest BCUT2D eigenvalue weighted by Gasteiger charge is -2.43. The van der Waals surface area contributed by atoms with Crippen LogP contribution in [0.1, 0.15) is 50.3 Å². The Morgan fingerprint density at radius 2 is 2.14 bits per heavy atom. The minimum atomic E-state index is 0.00678. The van der Waals surface area contributed by atoms with E-state index >= 15 is 0 Å². The van der Waals surface area contributed by atoms with Crippen molar-refractivity contribution in [3.05, 3.63) is 11.9 Å². The number of rotatable bonds is 5. The molecule has 0 saturated carbocycles. The molecule has 118 valence electrons. The lowest BCUT2D eigenvalue weighted by molar-refractivity contribution is -0.145. The van der Waals surface area contributed by atoms with E-state index in [1.807, 2.05) is 0 Å². The molecule has 1 aromatic heterocycles. The summed E-state index contributed by atoms with van der Waals surface area (Å²) in [7, 11) is 0. The molecule has 1 unspecified atom stereocenters. The summed E-state index contributed by atoms with van der Waals surface area (Å²) in [6, 6.07) is 0.410. The van der Waals surface area contributed by atoms with Crippen LogP contribution in [0.3, 0.4) is 0 Å². The largest absolute Gasteiger partial charge is 0.381 e. The summed E-state index contributed by atoms with van der Waals surface area (Å²) in [5, 5.41) is 8.65. The van der Waals surface area contributed by atoms with Gasteiger partial charge in [-0.05, 0) is 51.5 Å². The van der Waals surface area contributed by atoms with Crippen LogP contribution in [0.15, 0.2) is 6.20 Å². The van der Waals surface area contributed by atoms with Gasteiger partial charge in [-0.25, -0.2) is 4.68 Å². The maximum absolute atomic E-state index is 6.09. The number of ether oxygens (including phenoxy) is 2. The lowest BCUT2D eigenvalue weighted by Crippen LogP contribution is -2.44. The van der Waals surface area contributed by atoms with Gasteiger partial charge >= 0.3 is 0 Å². The number of hydrogen-bond donors (Lipinski definition) is 1. The van der Waals surface area contributed by atoms with Gasteiger partial charge in [0.2, 0.25) is 0 Å². The Bertz CT molecular complexity index is 437. The van der Waals surface area contributed by atoms with Crippen LogP contribution in [0.25, 0.3) is 0 Å². The van der Waals surface area contributed by atoms with E-state index in [4.69, 9.17) is 15.2 Å². The van der Waals surface area contributed by atoms with E-state index in [1.165, 1.54) is 0 Å². The number of nitrogens with two attached hydrogens (primary N) is 1. The smallest absolute Gasteiger partial charge is 0.0827 e. The van der Waals surface area contributed by atoms with Gasteiger partial charge in [0.05, 0.1) is 17.3 Å². The maximum atomic E-state index is 6.09. The predicted molar refractivity (Wildman–Crippen MR) is 79.0 cm³/mol. The van der Waals surface area contributed by atoms with E-state index < -0.39 is 0 Å². The highest BCUT2D eigenvalue weighted by molar-refractivity contribution is 4.96. The zero-order valence-corrected chi connectivity index (χ0v) is 12.7. The van der Waals surface area contributed by atoms with Crippen molar-refractivity contribution < 1.29 is 9.47 Å². The quantitative estimate of drug-likeness (QED) is 0.832. The number of aromatic nitrogens is 3. The third kappa shape index (κ3) is 3.62. The molecule has 0 radical (unpaired) electrons. The highest BCUT2D eigenvalue weighted by atomic mass is 16.5. The molecule has 2 saturated heterocycles. The van der Waals surface area contributed by atoms with Crippen molar-refractivity contribution in [3.63, 3.8) is 0 Å². The summed E-state index contributed by atoms with van der Waals surface area (Å²) < 4.78 is 13.6. The highest BCUT2D eigenvalue weighted by Crippen LogP contribution is 2.38. The van der Waals surface area contributed by atoms with Crippen molar-refractivity contribution in [2.75, 3.05) is 26.4 Å². The molecule has 21 heavy (non-hydrogen) atoms. The molecule has 2 fully saturated rings. The van der Waals surface area contributed by atoms with Crippen LogP contribution in [-0.2, 0) is 15.9 Å². The summed E-state index contributed by atoms with van der Waals surface area (Å²) in [6.45, 7) is 3.19. The van der Waals surface area contributed by atoms with E-state index in [9.17, 15) is 0 Å². The van der Waals surface area contributed by atoms with Crippen LogP contribution in [0.4, 0.5) is 0 Å². The molecular weight excluding hydrogens is 268 g/mol. The van der Waals surface area contributed by atoms with Crippen molar-refractivity contribution in [2.45, 2.75) is 56.6 Å². The second-order valence-electron chi connectivity index (χ2n) is 6.23. The molecular formula is C15H26N4O2. The molecule has 2 aliphatic heterocycles. The van der Waals surface area contributed by atoms with Crippen LogP contribution in [0, 0.1) is 0 Å². The van der Waals surface area contributed by atoms with E-state index in [-0.39, 0.29) is 5.60 Å². The Balaban J connectivity index is 1.60. The third-order valence-corrected chi connectivity index (χ3v) is 4.69. The molecule has 1 atom stereocenters. The van der Waals surface area contributed by atoms with Crippen LogP contribution < -0.4 is 5.73 Å². The van der Waals surface area contributed by atoms with Crippen molar-refractivity contribution in [1.29, 1.82) is 0 Å². The monoisotopic (exact) mass is 294 g/mol. The maximum Gasteiger partial charge on any atom is 0.0827 e. The first-order chi connectivity index (χ1) is 10.3. The number of hydrogen-bond acceptors (Lipinski definition) is 5. The average molecular weight is 294 g/mol. The van der Waals surface area contributed by atoms with Gasteiger partial charge in [-0.1, -0.05) is 5.21 Å². The molecule has 0 bridgehead atoms. The van der Waals surface area contributed by atoms with Crippen LogP contribution in [-0.4, -0.2) is 47.0 Å². The Kier molecular flexibility index (Phi) is 4.87. The molecule has 3 heterocycles. The molecule has 6 nitrogen and oxygen atoms in total. The summed E-state index contributed by atoms with van der Waals surface area (Å²) >= 11 is 0. The summed E-state index contributed by atoms with van der Waals surface area (Å²) in [6.07, 6.45) is 9.27. The van der Waals surface area contributed by atoms with Crippen molar-refractivity contribution in [1.82, 2.24) is 15.0 Å². The highest BCUT2D eigenvalue weighted by Gasteiger charge is 2.39. The van der Waals surface area contributed by atoms with Gasteiger partial charge in [0.25, 0.3) is 0 Å². The zero-order valence-electron chi connectivity index (χ0n) is 12.7. The zero-order chi connectivity index (χ0) is 14.5. The first kappa shape index (κ1) is 14.9. The van der Waals surface area contributed by atoms with E-state index in [0.29, 0.717) is 6.04 Å². The molecule has 0 aromatic carbocycles. The van der Waals surface area contributed by atoms with Crippen LogP contribution in [0.2, 0.25) is 0 Å². The topological polar surface area (TPSA) is 75.2 Å². The first-order valence-electron chi connectivity index (χ1n) is 8.14. The van der Waals surface area contributed by atoms with Crippen molar-refractivity contribution in [3.8, 4) is 0 Å². The van der Waals surface area contributed by atoms with Crippen LogP contribution in [0.5, 0.6) is 0 Å². The van der Waals surface area contributed by atoms with Gasteiger partial charge in [0.15, 0.2) is 0 Å². The van der Waals surface area contributed by atoms with Crippen LogP contribution >= 0.6 is 0 Å². The van der Waals surface area contributed by atoms with Crippen molar-refractivity contribution >= 4 is 0 Å². The second-order valence-corrected chi connectivity index (χ2v) is 6.23. The Labute approximate surface area is 126 Å². The summed E-state index contributed by atoms with van der Waals surface area (Å²) in [5.41, 5.74) is 6.61. The molecule has 0 aliphatic carbocycles. The number of aryl methyl sites for hydroxylation is 1. The van der Waals surface area contributed by atoms with Gasteiger partial charge in [0, 0.05) is 26.0 Å². The second kappa shape index (κ2) is 6.85. The Hall–Kier alpha value is -0.980. The predicted octanol–water partition coefficient (Wildman–Crippen LogP) is 1.46. The Morgan fingerprint density at radius 1 is 1.29 bits per heavy atom. The molecule has 1 aromatic rings. The summed E-state index contributed by atoms with van der Waals surface area (Å²) in [4.78, 5) is 0. The molecule has 2 aliphatic rings. The van der Waals surface area contributed by atoms with Crippen molar-refractivity contribution in [2.24, 2.45) is 5.73 Å². The SMILES string of the molecule is NCCCCc1cn(C2CCOC3(CCOCC3)C2)nn1. The molecule has 2 N–H and O–H groups in total. The van der Waals surface area contributed by atoms with E-state index in [2.05, 4.69) is 21.2 Å². The average Bonchev–Trinajstić information content (AvgIpc) is 2.97. The van der Waals surface area contributed by atoms with E-state index in [0.717, 1.165) is 77.0 Å². The molecule has 1 spiro atoms. The summed E-state index contributed by atoms with van der Waals surface area (Å²) in [5.74, 6) is 0. The molecule has 0 amide bonds. The number of unbranched alkanes of at least 4 members (excludes halogenated alkanes) is 1. The van der Waals surface area contributed by atoms with Gasteiger partial charge < -0.3 is 15.2 Å². The molecule has 6 heteroatoms. The van der Waals surface area contributed by atoms with Gasteiger partial charge in [-0.15, -0.1) is 5.10 Å². The third-order valence-electron chi connectivity index (χ3n) is 4.69.